The Morgan fingerprint density at radius 1 is 1.33 bits per heavy atom. The van der Waals surface area contributed by atoms with Crippen molar-refractivity contribution in [1.29, 1.82) is 0 Å². The molecule has 94 valence electrons. The van der Waals surface area contributed by atoms with Gasteiger partial charge in [-0.3, -0.25) is 0 Å². The highest BCUT2D eigenvalue weighted by Crippen LogP contribution is 2.19. The quantitative estimate of drug-likeness (QED) is 0.836. The molecule has 2 aromatic rings. The standard InChI is InChI=1S/C12H15N5O/c1-12(2,9-6-4-3-5-7-9)15-11(18)17-8-14-10(13)16-17/h3-8H,1-2H3,(H2,13,16)(H,15,18). The minimum absolute atomic E-state index is 0.0719. The Labute approximate surface area is 105 Å². The van der Waals surface area contributed by atoms with Crippen molar-refractivity contribution in [2.24, 2.45) is 0 Å². The molecule has 0 atom stereocenters. The van der Waals surface area contributed by atoms with Crippen LogP contribution in [0.25, 0.3) is 0 Å². The minimum Gasteiger partial charge on any atom is -0.366 e. The molecule has 0 aliphatic carbocycles. The molecule has 1 heterocycles. The smallest absolute Gasteiger partial charge is 0.344 e. The SMILES string of the molecule is CC(C)(NC(=O)n1cnc(N)n1)c1ccccc1. The number of aromatic nitrogens is 3. The van der Waals surface area contributed by atoms with Crippen LogP contribution in [-0.2, 0) is 5.54 Å². The summed E-state index contributed by atoms with van der Waals surface area (Å²) in [5, 5.41) is 6.63. The van der Waals surface area contributed by atoms with Gasteiger partial charge in [0.2, 0.25) is 5.95 Å². The zero-order valence-corrected chi connectivity index (χ0v) is 10.3. The van der Waals surface area contributed by atoms with E-state index in [1.54, 1.807) is 0 Å². The first-order chi connectivity index (χ1) is 8.49. The van der Waals surface area contributed by atoms with Crippen molar-refractivity contribution >= 4 is 12.0 Å². The van der Waals surface area contributed by atoms with Gasteiger partial charge in [0.1, 0.15) is 6.33 Å². The van der Waals surface area contributed by atoms with Gasteiger partial charge in [-0.05, 0) is 19.4 Å². The number of rotatable bonds is 2. The lowest BCUT2D eigenvalue weighted by molar-refractivity contribution is 0.228. The fraction of sp³-hybridized carbons (Fsp3) is 0.250. The Morgan fingerprint density at radius 2 is 2.00 bits per heavy atom. The molecule has 1 aromatic heterocycles. The lowest BCUT2D eigenvalue weighted by Gasteiger charge is -2.26. The minimum atomic E-state index is -0.501. The van der Waals surface area contributed by atoms with Crippen LogP contribution in [-0.4, -0.2) is 20.8 Å². The first kappa shape index (κ1) is 12.1. The van der Waals surface area contributed by atoms with E-state index in [0.29, 0.717) is 0 Å². The average Bonchev–Trinajstić information content (AvgIpc) is 2.77. The molecule has 0 bridgehead atoms. The molecule has 0 saturated heterocycles. The number of hydrogen-bond acceptors (Lipinski definition) is 4. The molecule has 0 spiro atoms. The lowest BCUT2D eigenvalue weighted by atomic mass is 9.95. The van der Waals surface area contributed by atoms with Crippen LogP contribution in [0, 0.1) is 0 Å². The fourth-order valence-electron chi connectivity index (χ4n) is 1.63. The number of hydrogen-bond donors (Lipinski definition) is 2. The van der Waals surface area contributed by atoms with Crippen LogP contribution in [0.1, 0.15) is 19.4 Å². The Balaban J connectivity index is 2.16. The van der Waals surface area contributed by atoms with Gasteiger partial charge in [-0.1, -0.05) is 30.3 Å². The second-order valence-electron chi connectivity index (χ2n) is 4.47. The first-order valence-corrected chi connectivity index (χ1v) is 5.54. The molecule has 1 aromatic carbocycles. The molecule has 0 fully saturated rings. The third-order valence-electron chi connectivity index (χ3n) is 2.63. The van der Waals surface area contributed by atoms with Crippen LogP contribution in [0.4, 0.5) is 10.7 Å². The highest BCUT2D eigenvalue weighted by Gasteiger charge is 2.23. The summed E-state index contributed by atoms with van der Waals surface area (Å²) in [6.45, 7) is 3.83. The van der Waals surface area contributed by atoms with E-state index in [1.165, 1.54) is 6.33 Å². The van der Waals surface area contributed by atoms with Crippen LogP contribution in [0.5, 0.6) is 0 Å². The Morgan fingerprint density at radius 3 is 2.56 bits per heavy atom. The van der Waals surface area contributed by atoms with E-state index < -0.39 is 5.54 Å². The maximum Gasteiger partial charge on any atom is 0.344 e. The maximum atomic E-state index is 11.9. The molecular formula is C12H15N5O. The summed E-state index contributed by atoms with van der Waals surface area (Å²) in [5.74, 6) is 0.0719. The molecule has 0 unspecified atom stereocenters. The summed E-state index contributed by atoms with van der Waals surface area (Å²) in [5.41, 5.74) is 5.87. The number of benzene rings is 1. The van der Waals surface area contributed by atoms with Crippen molar-refractivity contribution in [3.05, 3.63) is 42.2 Å². The second-order valence-corrected chi connectivity index (χ2v) is 4.47. The molecule has 0 saturated carbocycles. The van der Waals surface area contributed by atoms with E-state index in [2.05, 4.69) is 15.4 Å². The molecule has 18 heavy (non-hydrogen) atoms. The van der Waals surface area contributed by atoms with E-state index in [4.69, 9.17) is 5.73 Å². The predicted molar refractivity (Wildman–Crippen MR) is 67.8 cm³/mol. The molecule has 2 rings (SSSR count). The number of amides is 1. The Bertz CT molecular complexity index is 547. The zero-order valence-electron chi connectivity index (χ0n) is 10.3. The first-order valence-electron chi connectivity index (χ1n) is 5.54. The van der Waals surface area contributed by atoms with Gasteiger partial charge in [-0.15, -0.1) is 5.10 Å². The Kier molecular flexibility index (Phi) is 3.01. The van der Waals surface area contributed by atoms with Crippen LogP contribution in [0.15, 0.2) is 36.7 Å². The van der Waals surface area contributed by atoms with E-state index in [9.17, 15) is 4.79 Å². The van der Waals surface area contributed by atoms with Crippen LogP contribution in [0.3, 0.4) is 0 Å². The monoisotopic (exact) mass is 245 g/mol. The van der Waals surface area contributed by atoms with Gasteiger partial charge in [-0.2, -0.15) is 4.68 Å². The van der Waals surface area contributed by atoms with Gasteiger partial charge in [0.05, 0.1) is 5.54 Å². The molecular weight excluding hydrogens is 230 g/mol. The van der Waals surface area contributed by atoms with Gasteiger partial charge >= 0.3 is 6.03 Å². The molecule has 6 heteroatoms. The van der Waals surface area contributed by atoms with Crippen molar-refractivity contribution in [3.8, 4) is 0 Å². The number of nitrogens with zero attached hydrogens (tertiary/aromatic N) is 3. The van der Waals surface area contributed by atoms with Crippen LogP contribution in [0.2, 0.25) is 0 Å². The summed E-state index contributed by atoms with van der Waals surface area (Å²) in [6.07, 6.45) is 1.28. The van der Waals surface area contributed by atoms with Crippen molar-refractivity contribution in [1.82, 2.24) is 20.1 Å². The average molecular weight is 245 g/mol. The fourth-order valence-corrected chi connectivity index (χ4v) is 1.63. The molecule has 0 aliphatic rings. The summed E-state index contributed by atoms with van der Waals surface area (Å²) in [6, 6.07) is 9.33. The molecule has 3 N–H and O–H groups in total. The molecule has 0 aliphatic heterocycles. The maximum absolute atomic E-state index is 11.9. The van der Waals surface area contributed by atoms with Gasteiger partial charge < -0.3 is 11.1 Å². The number of anilines is 1. The topological polar surface area (TPSA) is 85.8 Å². The van der Waals surface area contributed by atoms with Gasteiger partial charge in [0.15, 0.2) is 0 Å². The van der Waals surface area contributed by atoms with E-state index in [0.717, 1.165) is 10.2 Å². The third-order valence-corrected chi connectivity index (χ3v) is 2.63. The lowest BCUT2D eigenvalue weighted by Crippen LogP contribution is -2.43. The number of nitrogens with one attached hydrogen (secondary N) is 1. The van der Waals surface area contributed by atoms with E-state index in [-0.39, 0.29) is 12.0 Å². The number of carbonyl (C=O) groups excluding carboxylic acids is 1. The molecule has 6 nitrogen and oxygen atoms in total. The largest absolute Gasteiger partial charge is 0.366 e. The second kappa shape index (κ2) is 4.48. The molecule has 0 radical (unpaired) electrons. The predicted octanol–water partition coefficient (Wildman–Crippen LogP) is 1.35. The number of nitrogens with two attached hydrogens (primary N) is 1. The van der Waals surface area contributed by atoms with Crippen molar-refractivity contribution in [2.75, 3.05) is 5.73 Å². The summed E-state index contributed by atoms with van der Waals surface area (Å²) in [4.78, 5) is 15.6. The zero-order chi connectivity index (χ0) is 13.2. The van der Waals surface area contributed by atoms with Gasteiger partial charge in [0, 0.05) is 0 Å². The van der Waals surface area contributed by atoms with E-state index in [1.807, 2.05) is 44.2 Å². The normalized spacial score (nSPS) is 11.2. The van der Waals surface area contributed by atoms with E-state index >= 15 is 0 Å². The number of carbonyl (C=O) groups is 1. The Hall–Kier alpha value is -2.37. The van der Waals surface area contributed by atoms with Crippen molar-refractivity contribution < 1.29 is 4.79 Å². The van der Waals surface area contributed by atoms with Gasteiger partial charge in [-0.25, -0.2) is 9.78 Å². The van der Waals surface area contributed by atoms with Crippen molar-refractivity contribution in [3.63, 3.8) is 0 Å². The van der Waals surface area contributed by atoms with Crippen LogP contribution < -0.4 is 11.1 Å². The summed E-state index contributed by atoms with van der Waals surface area (Å²) in [7, 11) is 0. The highest BCUT2D eigenvalue weighted by atomic mass is 16.2. The van der Waals surface area contributed by atoms with Gasteiger partial charge in [0.25, 0.3) is 0 Å². The molecule has 1 amide bonds. The summed E-state index contributed by atoms with van der Waals surface area (Å²) < 4.78 is 1.08. The number of nitrogen functional groups attached to an aromatic ring is 1. The van der Waals surface area contributed by atoms with Crippen LogP contribution >= 0.6 is 0 Å². The highest BCUT2D eigenvalue weighted by molar-refractivity contribution is 5.76. The van der Waals surface area contributed by atoms with Crippen molar-refractivity contribution in [2.45, 2.75) is 19.4 Å². The summed E-state index contributed by atoms with van der Waals surface area (Å²) >= 11 is 0. The third kappa shape index (κ3) is 2.48.